The maximum absolute atomic E-state index is 13.4. The third-order valence-electron chi connectivity index (χ3n) is 6.25. The van der Waals surface area contributed by atoms with Crippen molar-refractivity contribution >= 4 is 55.2 Å². The number of aromatic nitrogens is 2. The number of nitrogens with two attached hydrogens (primary N) is 1. The smallest absolute Gasteiger partial charge is 0.252 e. The Bertz CT molecular complexity index is 1490. The van der Waals surface area contributed by atoms with Crippen LogP contribution >= 0.6 is 27.5 Å². The molecule has 1 atom stereocenters. The molecule has 34 heavy (non-hydrogen) atoms. The highest BCUT2D eigenvalue weighted by atomic mass is 79.9. The monoisotopic (exact) mass is 534 g/mol. The summed E-state index contributed by atoms with van der Waals surface area (Å²) in [6, 6.07) is 11.6. The molecule has 172 valence electrons. The fourth-order valence-corrected chi connectivity index (χ4v) is 5.01. The van der Waals surface area contributed by atoms with Gasteiger partial charge in [-0.05, 0) is 73.3 Å². The van der Waals surface area contributed by atoms with E-state index in [9.17, 15) is 4.79 Å². The lowest BCUT2D eigenvalue weighted by Crippen LogP contribution is -2.26. The van der Waals surface area contributed by atoms with Crippen molar-refractivity contribution in [3.05, 3.63) is 87.0 Å². The fraction of sp³-hybridized carbons (Fsp3) is 0.185. The van der Waals surface area contributed by atoms with Gasteiger partial charge in [-0.25, -0.2) is 4.98 Å². The molecule has 0 saturated carbocycles. The molecular formula is C27H24BrClN4O. The summed E-state index contributed by atoms with van der Waals surface area (Å²) in [6.07, 6.45) is 9.12. The van der Waals surface area contributed by atoms with Gasteiger partial charge in [-0.2, -0.15) is 0 Å². The number of halogens is 2. The molecule has 0 saturated heterocycles. The molecule has 0 aliphatic heterocycles. The minimum absolute atomic E-state index is 0.161. The first-order chi connectivity index (χ1) is 16.4. The van der Waals surface area contributed by atoms with Crippen LogP contribution in [0.3, 0.4) is 0 Å². The van der Waals surface area contributed by atoms with Crippen LogP contribution in [0.4, 0.5) is 0 Å². The molecule has 2 aromatic heterocycles. The van der Waals surface area contributed by atoms with Gasteiger partial charge in [0.25, 0.3) is 5.91 Å². The Morgan fingerprint density at radius 1 is 1.26 bits per heavy atom. The highest BCUT2D eigenvalue weighted by Crippen LogP contribution is 2.34. The quantitative estimate of drug-likeness (QED) is 0.280. The number of nitrogens with one attached hydrogen (secondary N) is 2. The number of nitrogens with zero attached hydrogens (tertiary/aromatic N) is 1. The summed E-state index contributed by atoms with van der Waals surface area (Å²) in [5.41, 5.74) is 11.7. The zero-order valence-corrected chi connectivity index (χ0v) is 21.0. The summed E-state index contributed by atoms with van der Waals surface area (Å²) < 4.78 is 0.980. The zero-order chi connectivity index (χ0) is 23.8. The normalized spacial score (nSPS) is 15.6. The van der Waals surface area contributed by atoms with E-state index in [1.54, 1.807) is 0 Å². The minimum atomic E-state index is -0.161. The average Bonchev–Trinajstić information content (AvgIpc) is 3.25. The van der Waals surface area contributed by atoms with Crippen molar-refractivity contribution in [2.45, 2.75) is 13.3 Å². The predicted molar refractivity (Wildman–Crippen MR) is 143 cm³/mol. The summed E-state index contributed by atoms with van der Waals surface area (Å²) in [7, 11) is 0. The molecule has 2 aromatic carbocycles. The summed E-state index contributed by atoms with van der Waals surface area (Å²) in [6.45, 7) is 3.04. The number of fused-ring (bicyclic) bond motifs is 2. The van der Waals surface area contributed by atoms with E-state index in [2.05, 4.69) is 44.4 Å². The maximum Gasteiger partial charge on any atom is 0.252 e. The number of pyridine rings is 1. The van der Waals surface area contributed by atoms with Crippen molar-refractivity contribution in [1.29, 1.82) is 0 Å². The predicted octanol–water partition coefficient (Wildman–Crippen LogP) is 6.30. The zero-order valence-electron chi connectivity index (χ0n) is 18.7. The molecule has 2 heterocycles. The Morgan fingerprint density at radius 2 is 2.12 bits per heavy atom. The van der Waals surface area contributed by atoms with Crippen LogP contribution in [0.1, 0.15) is 22.3 Å². The lowest BCUT2D eigenvalue weighted by atomic mass is 9.96. The highest BCUT2D eigenvalue weighted by Gasteiger charge is 2.18. The van der Waals surface area contributed by atoms with E-state index in [0.29, 0.717) is 29.6 Å². The highest BCUT2D eigenvalue weighted by molar-refractivity contribution is 9.10. The number of allylic oxidation sites excluding steroid dienone is 1. The van der Waals surface area contributed by atoms with E-state index in [1.807, 2.05) is 49.5 Å². The van der Waals surface area contributed by atoms with Gasteiger partial charge < -0.3 is 16.0 Å². The Balaban J connectivity index is 1.56. The van der Waals surface area contributed by atoms with Crippen LogP contribution in [0, 0.1) is 12.8 Å². The third-order valence-corrected chi connectivity index (χ3v) is 6.97. The molecule has 0 spiro atoms. The number of H-pyrrole nitrogens is 1. The number of benzene rings is 2. The lowest BCUT2D eigenvalue weighted by molar-refractivity contribution is 0.0959. The van der Waals surface area contributed by atoms with Crippen LogP contribution in [0.5, 0.6) is 0 Å². The Morgan fingerprint density at radius 3 is 2.88 bits per heavy atom. The summed E-state index contributed by atoms with van der Waals surface area (Å²) >= 11 is 9.92. The minimum Gasteiger partial charge on any atom is -0.360 e. The molecule has 5 rings (SSSR count). The number of rotatable bonds is 5. The largest absolute Gasteiger partial charge is 0.360 e. The Kier molecular flexibility index (Phi) is 6.30. The molecule has 0 bridgehead atoms. The maximum atomic E-state index is 13.4. The van der Waals surface area contributed by atoms with Crippen LogP contribution in [0.15, 0.2) is 70.9 Å². The van der Waals surface area contributed by atoms with Gasteiger partial charge in [-0.1, -0.05) is 45.8 Å². The van der Waals surface area contributed by atoms with E-state index < -0.39 is 0 Å². The van der Waals surface area contributed by atoms with E-state index in [-0.39, 0.29) is 5.91 Å². The number of aromatic amines is 1. The number of aryl methyl sites for hydroxylation is 1. The van der Waals surface area contributed by atoms with Crippen molar-refractivity contribution in [2.24, 2.45) is 11.7 Å². The molecule has 1 amide bonds. The van der Waals surface area contributed by atoms with E-state index in [1.165, 1.54) is 0 Å². The van der Waals surface area contributed by atoms with Crippen LogP contribution in [0.25, 0.3) is 33.1 Å². The summed E-state index contributed by atoms with van der Waals surface area (Å²) in [5, 5.41) is 5.43. The SMILES string of the molecule is Cc1cc(Cl)cc2c(C(=O)NCC3=CCC(CN)C=C3)cc(-c3c[nH]c4ccc(Br)cc34)nc12. The second kappa shape index (κ2) is 9.37. The van der Waals surface area contributed by atoms with Gasteiger partial charge in [-0.3, -0.25) is 4.79 Å². The molecule has 0 fully saturated rings. The Labute approximate surface area is 211 Å². The molecule has 1 aliphatic carbocycles. The van der Waals surface area contributed by atoms with Crippen LogP contribution in [-0.2, 0) is 0 Å². The number of carbonyl (C=O) groups is 1. The molecule has 4 N–H and O–H groups in total. The topological polar surface area (TPSA) is 83.8 Å². The number of carbonyl (C=O) groups excluding carboxylic acids is 1. The van der Waals surface area contributed by atoms with Crippen molar-refractivity contribution in [3.63, 3.8) is 0 Å². The second-order valence-corrected chi connectivity index (χ2v) is 9.97. The van der Waals surface area contributed by atoms with Crippen LogP contribution in [-0.4, -0.2) is 29.0 Å². The van der Waals surface area contributed by atoms with Gasteiger partial charge in [0.2, 0.25) is 0 Å². The molecular weight excluding hydrogens is 512 g/mol. The third kappa shape index (κ3) is 4.41. The molecule has 1 unspecified atom stereocenters. The van der Waals surface area contributed by atoms with Crippen molar-refractivity contribution in [2.75, 3.05) is 13.1 Å². The van der Waals surface area contributed by atoms with Crippen molar-refractivity contribution in [1.82, 2.24) is 15.3 Å². The van der Waals surface area contributed by atoms with Gasteiger partial charge in [0, 0.05) is 44.1 Å². The molecule has 1 aliphatic rings. The molecule has 5 nitrogen and oxygen atoms in total. The molecule has 4 aromatic rings. The van der Waals surface area contributed by atoms with Gasteiger partial charge in [0.15, 0.2) is 0 Å². The van der Waals surface area contributed by atoms with Gasteiger partial charge >= 0.3 is 0 Å². The van der Waals surface area contributed by atoms with Gasteiger partial charge in [-0.15, -0.1) is 0 Å². The number of amides is 1. The first-order valence-corrected chi connectivity index (χ1v) is 12.3. The van der Waals surface area contributed by atoms with Crippen LogP contribution < -0.4 is 11.1 Å². The summed E-state index contributed by atoms with van der Waals surface area (Å²) in [4.78, 5) is 21.7. The van der Waals surface area contributed by atoms with E-state index in [0.717, 1.165) is 55.1 Å². The van der Waals surface area contributed by atoms with E-state index >= 15 is 0 Å². The number of hydrogen-bond donors (Lipinski definition) is 3. The first-order valence-electron chi connectivity index (χ1n) is 11.2. The lowest BCUT2D eigenvalue weighted by Gasteiger charge is -2.16. The molecule has 0 radical (unpaired) electrons. The average molecular weight is 536 g/mol. The standard InChI is InChI=1S/C27H24BrClN4O/c1-15-8-19(29)10-21-22(27(34)32-13-17-4-2-16(12-30)3-5-17)11-25(33-26(15)21)23-14-31-24-7-6-18(28)9-20(23)24/h2,4-11,14,16,31H,3,12-13,30H2,1H3,(H,32,34). The fourth-order valence-electron chi connectivity index (χ4n) is 4.38. The van der Waals surface area contributed by atoms with Gasteiger partial charge in [0.05, 0.1) is 16.8 Å². The van der Waals surface area contributed by atoms with Crippen molar-refractivity contribution in [3.8, 4) is 11.3 Å². The molecule has 7 heteroatoms. The van der Waals surface area contributed by atoms with Gasteiger partial charge in [0.1, 0.15) is 0 Å². The number of hydrogen-bond acceptors (Lipinski definition) is 3. The van der Waals surface area contributed by atoms with Crippen molar-refractivity contribution < 1.29 is 4.79 Å². The first kappa shape index (κ1) is 22.8. The van der Waals surface area contributed by atoms with Crippen LogP contribution in [0.2, 0.25) is 5.02 Å². The Hall–Kier alpha value is -2.93. The van der Waals surface area contributed by atoms with E-state index in [4.69, 9.17) is 22.3 Å². The second-order valence-electron chi connectivity index (χ2n) is 8.62. The summed E-state index contributed by atoms with van der Waals surface area (Å²) in [5.74, 6) is 0.207.